The van der Waals surface area contributed by atoms with E-state index < -0.39 is 0 Å². The van der Waals surface area contributed by atoms with Crippen LogP contribution in [0.3, 0.4) is 0 Å². The Morgan fingerprint density at radius 2 is 1.88 bits per heavy atom. The van der Waals surface area contributed by atoms with E-state index >= 15 is 0 Å². The molecule has 2 aromatic carbocycles. The van der Waals surface area contributed by atoms with E-state index in [9.17, 15) is 0 Å². The molecule has 0 bridgehead atoms. The van der Waals surface area contributed by atoms with Gasteiger partial charge in [0.2, 0.25) is 0 Å². The van der Waals surface area contributed by atoms with E-state index in [4.69, 9.17) is 5.73 Å². The SMILES string of the molecule is CCCN(CCN1CCN(c2ccccc2)CC1)C1CCc2cc3nc(N)[nH]c3cc2C1. The monoisotopic (exact) mass is 432 g/mol. The Morgan fingerprint density at radius 1 is 1.06 bits per heavy atom. The minimum Gasteiger partial charge on any atom is -0.369 e. The van der Waals surface area contributed by atoms with Gasteiger partial charge in [0.25, 0.3) is 0 Å². The standard InChI is InChI=1S/C26H36N6/c1-2-10-31(14-11-30-12-15-32(16-13-30)22-6-4-3-5-7-22)23-9-8-20-18-24-25(19-21(20)17-23)29-26(27)28-24/h3-7,18-19,23H,2,8-17H2,1H3,(H3,27,28,29). The number of nitrogens with two attached hydrogens (primary N) is 1. The van der Waals surface area contributed by atoms with Crippen LogP contribution in [0, 0.1) is 0 Å². The molecule has 3 aromatic rings. The van der Waals surface area contributed by atoms with Crippen LogP contribution in [0.1, 0.15) is 30.9 Å². The lowest BCUT2D eigenvalue weighted by Crippen LogP contribution is -2.50. The molecule has 1 aliphatic heterocycles. The number of imidazole rings is 1. The van der Waals surface area contributed by atoms with Crippen LogP contribution in [0.4, 0.5) is 11.6 Å². The first-order valence-corrected chi connectivity index (χ1v) is 12.2. The summed E-state index contributed by atoms with van der Waals surface area (Å²) in [7, 11) is 0. The Balaban J connectivity index is 1.18. The zero-order valence-corrected chi connectivity index (χ0v) is 19.3. The predicted octanol–water partition coefficient (Wildman–Crippen LogP) is 3.54. The van der Waals surface area contributed by atoms with Gasteiger partial charge in [0.05, 0.1) is 11.0 Å². The Kier molecular flexibility index (Phi) is 6.32. The molecule has 0 saturated carbocycles. The molecule has 32 heavy (non-hydrogen) atoms. The van der Waals surface area contributed by atoms with E-state index in [1.807, 2.05) is 0 Å². The predicted molar refractivity (Wildman–Crippen MR) is 133 cm³/mol. The van der Waals surface area contributed by atoms with Crippen LogP contribution in [0.5, 0.6) is 0 Å². The zero-order valence-electron chi connectivity index (χ0n) is 19.3. The van der Waals surface area contributed by atoms with Crippen LogP contribution >= 0.6 is 0 Å². The molecule has 2 heterocycles. The van der Waals surface area contributed by atoms with Crippen molar-refractivity contribution >= 4 is 22.7 Å². The van der Waals surface area contributed by atoms with Crippen molar-refractivity contribution in [3.8, 4) is 0 Å². The molecule has 2 aliphatic rings. The Hall–Kier alpha value is -2.57. The third-order valence-corrected chi connectivity index (χ3v) is 7.25. The van der Waals surface area contributed by atoms with E-state index in [-0.39, 0.29) is 0 Å². The molecule has 170 valence electrons. The second kappa shape index (κ2) is 9.51. The van der Waals surface area contributed by atoms with E-state index in [0.29, 0.717) is 12.0 Å². The number of hydrogen-bond acceptors (Lipinski definition) is 5. The van der Waals surface area contributed by atoms with Gasteiger partial charge < -0.3 is 15.6 Å². The topological polar surface area (TPSA) is 64.4 Å². The summed E-state index contributed by atoms with van der Waals surface area (Å²) in [5.41, 5.74) is 12.2. The molecule has 1 fully saturated rings. The quantitative estimate of drug-likeness (QED) is 0.598. The highest BCUT2D eigenvalue weighted by atomic mass is 15.3. The van der Waals surface area contributed by atoms with Crippen LogP contribution in [0.15, 0.2) is 42.5 Å². The van der Waals surface area contributed by atoms with Crippen molar-refractivity contribution in [3.05, 3.63) is 53.6 Å². The summed E-state index contributed by atoms with van der Waals surface area (Å²) in [5, 5.41) is 0. The van der Waals surface area contributed by atoms with E-state index in [1.54, 1.807) is 0 Å². The molecule has 0 amide bonds. The summed E-state index contributed by atoms with van der Waals surface area (Å²) in [6, 6.07) is 16.0. The number of nitrogen functional groups attached to an aromatic ring is 1. The lowest BCUT2D eigenvalue weighted by molar-refractivity contribution is 0.145. The molecule has 6 nitrogen and oxygen atoms in total. The van der Waals surface area contributed by atoms with E-state index in [1.165, 1.54) is 49.3 Å². The third-order valence-electron chi connectivity index (χ3n) is 7.25. The van der Waals surface area contributed by atoms with Gasteiger partial charge in [-0.1, -0.05) is 25.1 Å². The van der Waals surface area contributed by atoms with Crippen LogP contribution < -0.4 is 10.6 Å². The Bertz CT molecular complexity index is 1020. The maximum Gasteiger partial charge on any atom is 0.198 e. The van der Waals surface area contributed by atoms with Crippen molar-refractivity contribution in [2.24, 2.45) is 0 Å². The molecule has 6 heteroatoms. The fourth-order valence-corrected chi connectivity index (χ4v) is 5.48. The molecule has 1 atom stereocenters. The lowest BCUT2D eigenvalue weighted by atomic mass is 9.87. The van der Waals surface area contributed by atoms with Gasteiger partial charge in [0.15, 0.2) is 5.95 Å². The molecular weight excluding hydrogens is 396 g/mol. The van der Waals surface area contributed by atoms with Crippen molar-refractivity contribution in [1.29, 1.82) is 0 Å². The van der Waals surface area contributed by atoms with Crippen molar-refractivity contribution in [3.63, 3.8) is 0 Å². The average molecular weight is 433 g/mol. The highest BCUT2D eigenvalue weighted by molar-refractivity contribution is 5.79. The number of para-hydroxylation sites is 1. The smallest absolute Gasteiger partial charge is 0.198 e. The first-order chi connectivity index (χ1) is 15.7. The third kappa shape index (κ3) is 4.62. The number of nitrogens with one attached hydrogen (secondary N) is 1. The summed E-state index contributed by atoms with van der Waals surface area (Å²) in [5.74, 6) is 0.513. The minimum atomic E-state index is 0.513. The molecule has 1 saturated heterocycles. The lowest BCUT2D eigenvalue weighted by Gasteiger charge is -2.39. The van der Waals surface area contributed by atoms with Gasteiger partial charge in [-0.25, -0.2) is 4.98 Å². The maximum atomic E-state index is 5.87. The van der Waals surface area contributed by atoms with Crippen molar-refractivity contribution in [2.75, 3.05) is 56.4 Å². The van der Waals surface area contributed by atoms with Gasteiger partial charge in [-0.15, -0.1) is 0 Å². The second-order valence-corrected chi connectivity index (χ2v) is 9.36. The number of nitrogens with zero attached hydrogens (tertiary/aromatic N) is 4. The van der Waals surface area contributed by atoms with Crippen molar-refractivity contribution in [1.82, 2.24) is 19.8 Å². The van der Waals surface area contributed by atoms with Gasteiger partial charge in [0.1, 0.15) is 0 Å². The molecule has 0 radical (unpaired) electrons. The van der Waals surface area contributed by atoms with Crippen molar-refractivity contribution < 1.29 is 0 Å². The Morgan fingerprint density at radius 3 is 2.66 bits per heavy atom. The molecule has 1 aliphatic carbocycles. The first-order valence-electron chi connectivity index (χ1n) is 12.2. The summed E-state index contributed by atoms with van der Waals surface area (Å²) in [4.78, 5) is 15.5. The fourth-order valence-electron chi connectivity index (χ4n) is 5.48. The fraction of sp³-hybridized carbons (Fsp3) is 0.500. The molecular formula is C26H36N6. The first kappa shape index (κ1) is 21.3. The normalized spacial score (nSPS) is 19.6. The van der Waals surface area contributed by atoms with Gasteiger partial charge in [-0.3, -0.25) is 9.80 Å². The Labute approximate surface area is 191 Å². The summed E-state index contributed by atoms with van der Waals surface area (Å²) in [6.45, 7) is 10.4. The molecule has 1 unspecified atom stereocenters. The van der Waals surface area contributed by atoms with Crippen molar-refractivity contribution in [2.45, 2.75) is 38.6 Å². The number of hydrogen-bond donors (Lipinski definition) is 2. The van der Waals surface area contributed by atoms with Gasteiger partial charge in [-0.2, -0.15) is 0 Å². The molecule has 5 rings (SSSR count). The van der Waals surface area contributed by atoms with Gasteiger partial charge >= 0.3 is 0 Å². The molecule has 0 spiro atoms. The summed E-state index contributed by atoms with van der Waals surface area (Å²) in [6.07, 6.45) is 4.71. The number of piperazine rings is 1. The number of anilines is 2. The highest BCUT2D eigenvalue weighted by Crippen LogP contribution is 2.28. The van der Waals surface area contributed by atoms with Crippen LogP contribution in [0.25, 0.3) is 11.0 Å². The number of benzene rings is 2. The van der Waals surface area contributed by atoms with E-state index in [2.05, 4.69) is 74.1 Å². The highest BCUT2D eigenvalue weighted by Gasteiger charge is 2.26. The number of rotatable bonds is 7. The largest absolute Gasteiger partial charge is 0.369 e. The summed E-state index contributed by atoms with van der Waals surface area (Å²) >= 11 is 0. The van der Waals surface area contributed by atoms with Gasteiger partial charge in [-0.05, 0) is 67.6 Å². The number of aromatic nitrogens is 2. The number of fused-ring (bicyclic) bond motifs is 2. The van der Waals surface area contributed by atoms with Crippen LogP contribution in [0.2, 0.25) is 0 Å². The number of aryl methyl sites for hydroxylation is 1. The average Bonchev–Trinajstić information content (AvgIpc) is 3.19. The van der Waals surface area contributed by atoms with E-state index in [0.717, 1.165) is 50.1 Å². The van der Waals surface area contributed by atoms with Gasteiger partial charge in [0, 0.05) is 51.0 Å². The van der Waals surface area contributed by atoms with Crippen LogP contribution in [-0.4, -0.2) is 71.6 Å². The molecule has 1 aromatic heterocycles. The number of aromatic amines is 1. The number of H-pyrrole nitrogens is 1. The maximum absolute atomic E-state index is 5.87. The second-order valence-electron chi connectivity index (χ2n) is 9.36. The zero-order chi connectivity index (χ0) is 21.9. The summed E-state index contributed by atoms with van der Waals surface area (Å²) < 4.78 is 0. The molecule has 3 N–H and O–H groups in total. The van der Waals surface area contributed by atoms with Crippen LogP contribution in [-0.2, 0) is 12.8 Å². The minimum absolute atomic E-state index is 0.513.